The second-order valence-electron chi connectivity index (χ2n) is 6.36. The molecule has 1 aromatic rings. The predicted octanol–water partition coefficient (Wildman–Crippen LogP) is 2.66. The summed E-state index contributed by atoms with van der Waals surface area (Å²) in [7, 11) is 6.09. The second kappa shape index (κ2) is 9.18. The van der Waals surface area contributed by atoms with Crippen LogP contribution in [0.5, 0.6) is 0 Å². The first kappa shape index (κ1) is 18.1. The summed E-state index contributed by atoms with van der Waals surface area (Å²) in [4.78, 5) is 6.60. The van der Waals surface area contributed by atoms with Crippen LogP contribution < -0.4 is 10.6 Å². The van der Waals surface area contributed by atoms with Gasteiger partial charge in [0, 0.05) is 25.4 Å². The van der Waals surface area contributed by atoms with E-state index in [1.807, 2.05) is 7.05 Å². The van der Waals surface area contributed by atoms with Gasteiger partial charge in [-0.05, 0) is 45.2 Å². The van der Waals surface area contributed by atoms with Gasteiger partial charge >= 0.3 is 0 Å². The highest BCUT2D eigenvalue weighted by molar-refractivity contribution is 8.00. The molecule has 1 aromatic carbocycles. The van der Waals surface area contributed by atoms with Crippen LogP contribution >= 0.6 is 11.8 Å². The Morgan fingerprint density at radius 2 is 2.04 bits per heavy atom. The molecule has 0 bridgehead atoms. The van der Waals surface area contributed by atoms with E-state index in [2.05, 4.69) is 77.6 Å². The molecule has 1 aliphatic heterocycles. The lowest BCUT2D eigenvalue weighted by Crippen LogP contribution is -2.43. The largest absolute Gasteiger partial charge is 0.355 e. The van der Waals surface area contributed by atoms with Crippen LogP contribution in [0.15, 0.2) is 29.3 Å². The number of guanidine groups is 1. The number of aryl methyl sites for hydroxylation is 1. The molecule has 23 heavy (non-hydrogen) atoms. The lowest BCUT2D eigenvalue weighted by Gasteiger charge is -2.26. The molecule has 2 rings (SSSR count). The number of aliphatic imine (C=N–C) groups is 1. The molecule has 0 saturated carbocycles. The number of rotatable bonds is 6. The number of hydrogen-bond acceptors (Lipinski definition) is 3. The predicted molar refractivity (Wildman–Crippen MR) is 102 cm³/mol. The van der Waals surface area contributed by atoms with Crippen LogP contribution in [-0.4, -0.2) is 56.1 Å². The monoisotopic (exact) mass is 334 g/mol. The summed E-state index contributed by atoms with van der Waals surface area (Å²) in [5, 5.41) is 7.67. The van der Waals surface area contributed by atoms with E-state index in [1.54, 1.807) is 0 Å². The van der Waals surface area contributed by atoms with Crippen LogP contribution in [0.3, 0.4) is 0 Å². The van der Waals surface area contributed by atoms with E-state index < -0.39 is 0 Å². The van der Waals surface area contributed by atoms with Crippen molar-refractivity contribution in [2.24, 2.45) is 4.99 Å². The maximum atomic E-state index is 4.35. The summed E-state index contributed by atoms with van der Waals surface area (Å²) >= 11 is 2.07. The molecule has 0 amide bonds. The van der Waals surface area contributed by atoms with Crippen molar-refractivity contribution >= 4 is 17.7 Å². The quantitative estimate of drug-likeness (QED) is 0.620. The molecule has 5 heteroatoms. The van der Waals surface area contributed by atoms with Crippen molar-refractivity contribution in [3.63, 3.8) is 0 Å². The molecule has 2 atom stereocenters. The van der Waals surface area contributed by atoms with Gasteiger partial charge in [-0.15, -0.1) is 0 Å². The van der Waals surface area contributed by atoms with Crippen molar-refractivity contribution in [2.75, 3.05) is 40.0 Å². The van der Waals surface area contributed by atoms with E-state index in [1.165, 1.54) is 29.7 Å². The Bertz CT molecular complexity index is 492. The first-order valence-corrected chi connectivity index (χ1v) is 9.44. The topological polar surface area (TPSA) is 39.7 Å². The van der Waals surface area contributed by atoms with Gasteiger partial charge in [0.1, 0.15) is 0 Å². The highest BCUT2D eigenvalue weighted by Gasteiger charge is 2.17. The second-order valence-corrected chi connectivity index (χ2v) is 7.77. The minimum atomic E-state index is 0.329. The van der Waals surface area contributed by atoms with Gasteiger partial charge in [0.05, 0.1) is 6.04 Å². The molecule has 0 aliphatic carbocycles. The highest BCUT2D eigenvalue weighted by atomic mass is 32.2. The van der Waals surface area contributed by atoms with Crippen molar-refractivity contribution in [2.45, 2.75) is 31.1 Å². The van der Waals surface area contributed by atoms with Gasteiger partial charge in [0.25, 0.3) is 0 Å². The van der Waals surface area contributed by atoms with Crippen LogP contribution in [0.1, 0.15) is 30.0 Å². The van der Waals surface area contributed by atoms with E-state index in [0.29, 0.717) is 6.04 Å². The van der Waals surface area contributed by atoms with Crippen molar-refractivity contribution in [1.29, 1.82) is 0 Å². The molecule has 1 fully saturated rings. The van der Waals surface area contributed by atoms with E-state index in [4.69, 9.17) is 0 Å². The minimum Gasteiger partial charge on any atom is -0.355 e. The van der Waals surface area contributed by atoms with Gasteiger partial charge < -0.3 is 15.5 Å². The Balaban J connectivity index is 1.87. The summed E-state index contributed by atoms with van der Waals surface area (Å²) in [6.07, 6.45) is 2.66. The molecule has 2 N–H and O–H groups in total. The number of hydrogen-bond donors (Lipinski definition) is 2. The van der Waals surface area contributed by atoms with Gasteiger partial charge in [0.15, 0.2) is 5.96 Å². The van der Waals surface area contributed by atoms with E-state index in [0.717, 1.165) is 24.3 Å². The number of benzene rings is 1. The first-order valence-electron chi connectivity index (χ1n) is 8.39. The maximum absolute atomic E-state index is 4.35. The van der Waals surface area contributed by atoms with E-state index >= 15 is 0 Å². The standard InChI is InChI=1S/C18H30N4S/c1-14-7-9-15(10-8-14)17(22(3)4)13-21-18(19-2)20-12-16-6-5-11-23-16/h7-10,16-17H,5-6,11-13H2,1-4H3,(H2,19,20,21). The molecule has 4 nitrogen and oxygen atoms in total. The summed E-state index contributed by atoms with van der Waals surface area (Å²) in [6.45, 7) is 3.97. The average molecular weight is 335 g/mol. The smallest absolute Gasteiger partial charge is 0.191 e. The fourth-order valence-electron chi connectivity index (χ4n) is 2.82. The highest BCUT2D eigenvalue weighted by Crippen LogP contribution is 2.25. The summed E-state index contributed by atoms with van der Waals surface area (Å²) in [5.41, 5.74) is 2.63. The van der Waals surface area contributed by atoms with Crippen molar-refractivity contribution in [1.82, 2.24) is 15.5 Å². The average Bonchev–Trinajstić information content (AvgIpc) is 3.05. The van der Waals surface area contributed by atoms with Gasteiger partial charge in [-0.1, -0.05) is 29.8 Å². The van der Waals surface area contributed by atoms with Crippen LogP contribution in [0, 0.1) is 6.92 Å². The van der Waals surface area contributed by atoms with Crippen LogP contribution in [0.4, 0.5) is 0 Å². The zero-order valence-corrected chi connectivity index (χ0v) is 15.6. The maximum Gasteiger partial charge on any atom is 0.191 e. The zero-order valence-electron chi connectivity index (χ0n) is 14.8. The minimum absolute atomic E-state index is 0.329. The number of thioether (sulfide) groups is 1. The van der Waals surface area contributed by atoms with Gasteiger partial charge in [0.2, 0.25) is 0 Å². The summed E-state index contributed by atoms with van der Waals surface area (Å²) in [6, 6.07) is 9.11. The fraction of sp³-hybridized carbons (Fsp3) is 0.611. The third-order valence-electron chi connectivity index (χ3n) is 4.29. The molecule has 1 heterocycles. The normalized spacial score (nSPS) is 19.9. The van der Waals surface area contributed by atoms with Crippen molar-refractivity contribution in [3.8, 4) is 0 Å². The van der Waals surface area contributed by atoms with Crippen molar-refractivity contribution < 1.29 is 0 Å². The number of nitrogens with one attached hydrogen (secondary N) is 2. The molecule has 0 spiro atoms. The third kappa shape index (κ3) is 5.74. The van der Waals surface area contributed by atoms with E-state index in [9.17, 15) is 0 Å². The summed E-state index contributed by atoms with van der Waals surface area (Å²) in [5.74, 6) is 2.20. The summed E-state index contributed by atoms with van der Waals surface area (Å²) < 4.78 is 0. The van der Waals surface area contributed by atoms with Gasteiger partial charge in [-0.3, -0.25) is 4.99 Å². The Morgan fingerprint density at radius 1 is 1.30 bits per heavy atom. The fourth-order valence-corrected chi connectivity index (χ4v) is 4.02. The van der Waals surface area contributed by atoms with E-state index in [-0.39, 0.29) is 0 Å². The molecule has 128 valence electrons. The SMILES string of the molecule is CN=C(NCC1CCCS1)NCC(c1ccc(C)cc1)N(C)C. The van der Waals surface area contributed by atoms with Crippen LogP contribution in [-0.2, 0) is 0 Å². The molecule has 2 unspecified atom stereocenters. The number of nitrogens with zero attached hydrogens (tertiary/aromatic N) is 2. The molecule has 1 aliphatic rings. The molecular formula is C18H30N4S. The molecular weight excluding hydrogens is 304 g/mol. The Labute approximate surface area is 145 Å². The Hall–Kier alpha value is -1.20. The molecule has 1 saturated heterocycles. The Kier molecular flexibility index (Phi) is 7.24. The molecule has 0 radical (unpaired) electrons. The third-order valence-corrected chi connectivity index (χ3v) is 5.69. The molecule has 0 aromatic heterocycles. The lowest BCUT2D eigenvalue weighted by molar-refractivity contribution is 0.298. The van der Waals surface area contributed by atoms with Gasteiger partial charge in [-0.25, -0.2) is 0 Å². The lowest BCUT2D eigenvalue weighted by atomic mass is 10.0. The van der Waals surface area contributed by atoms with Gasteiger partial charge in [-0.2, -0.15) is 11.8 Å². The zero-order chi connectivity index (χ0) is 16.7. The van der Waals surface area contributed by atoms with Crippen molar-refractivity contribution in [3.05, 3.63) is 35.4 Å². The Morgan fingerprint density at radius 3 is 2.61 bits per heavy atom. The first-order chi connectivity index (χ1) is 11.1. The van der Waals surface area contributed by atoms with Crippen LogP contribution in [0.25, 0.3) is 0 Å². The number of likely N-dealkylation sites (N-methyl/N-ethyl adjacent to an activating group) is 1. The van der Waals surface area contributed by atoms with Crippen LogP contribution in [0.2, 0.25) is 0 Å².